The Bertz CT molecular complexity index is 552. The lowest BCUT2D eigenvalue weighted by Gasteiger charge is -1.98. The van der Waals surface area contributed by atoms with E-state index in [4.69, 9.17) is 9.15 Å². The predicted molar refractivity (Wildman–Crippen MR) is 70.0 cm³/mol. The lowest BCUT2D eigenvalue weighted by molar-refractivity contribution is 0.399. The predicted octanol–water partition coefficient (Wildman–Crippen LogP) is 2.79. The molecular weight excluding hydrogens is 320 g/mol. The van der Waals surface area contributed by atoms with Gasteiger partial charge in [-0.3, -0.25) is 0 Å². The van der Waals surface area contributed by atoms with E-state index in [1.54, 1.807) is 7.11 Å². The first-order chi connectivity index (χ1) is 8.78. The molecule has 0 atom stereocenters. The molecule has 0 spiro atoms. The van der Waals surface area contributed by atoms with Gasteiger partial charge in [0, 0.05) is 5.92 Å². The molecule has 1 saturated carbocycles. The van der Waals surface area contributed by atoms with Gasteiger partial charge in [-0.25, -0.2) is 0 Å². The van der Waals surface area contributed by atoms with Crippen LogP contribution in [0, 0.1) is 0 Å². The minimum absolute atomic E-state index is 0.455. The maximum atomic E-state index is 5.51. The van der Waals surface area contributed by atoms with E-state index < -0.39 is 0 Å². The number of methoxy groups -OCH3 is 1. The number of halogens is 1. The van der Waals surface area contributed by atoms with Crippen LogP contribution in [0.4, 0.5) is 6.01 Å². The zero-order valence-corrected chi connectivity index (χ0v) is 12.0. The van der Waals surface area contributed by atoms with Gasteiger partial charge in [0.1, 0.15) is 0 Å². The van der Waals surface area contributed by atoms with Crippen LogP contribution in [0.25, 0.3) is 0 Å². The molecule has 3 rings (SSSR count). The number of hydrogen-bond donors (Lipinski definition) is 1. The molecule has 18 heavy (non-hydrogen) atoms. The van der Waals surface area contributed by atoms with E-state index in [1.165, 1.54) is 11.5 Å². The molecule has 6 nitrogen and oxygen atoms in total. The molecule has 0 radical (unpaired) electrons. The van der Waals surface area contributed by atoms with Crippen molar-refractivity contribution in [1.82, 2.24) is 14.6 Å². The minimum Gasteiger partial charge on any atom is -0.480 e. The van der Waals surface area contributed by atoms with E-state index in [0.29, 0.717) is 24.4 Å². The second-order valence-electron chi connectivity index (χ2n) is 4.00. The van der Waals surface area contributed by atoms with Gasteiger partial charge in [0.05, 0.1) is 23.0 Å². The summed E-state index contributed by atoms with van der Waals surface area (Å²) >= 11 is 4.81. The summed E-state index contributed by atoms with van der Waals surface area (Å²) in [5, 5.41) is 11.1. The maximum absolute atomic E-state index is 5.51. The van der Waals surface area contributed by atoms with E-state index in [1.807, 2.05) is 0 Å². The molecule has 8 heteroatoms. The molecule has 0 aliphatic heterocycles. The Hall–Kier alpha value is -1.15. The second-order valence-corrected chi connectivity index (χ2v) is 5.65. The first kappa shape index (κ1) is 11.9. The molecule has 2 aromatic heterocycles. The molecule has 1 aliphatic carbocycles. The molecule has 1 N–H and O–H groups in total. The summed E-state index contributed by atoms with van der Waals surface area (Å²) in [5.74, 6) is 1.81. The second kappa shape index (κ2) is 4.85. The van der Waals surface area contributed by atoms with Crippen LogP contribution in [-0.2, 0) is 6.54 Å². The first-order valence-electron chi connectivity index (χ1n) is 5.53. The van der Waals surface area contributed by atoms with Gasteiger partial charge in [-0.05, 0) is 40.3 Å². The van der Waals surface area contributed by atoms with Crippen LogP contribution in [0.2, 0.25) is 0 Å². The molecular formula is C10H11BrN4O2S. The number of rotatable bonds is 5. The summed E-state index contributed by atoms with van der Waals surface area (Å²) in [6, 6.07) is 0.455. The number of nitrogens with one attached hydrogen (secondary N) is 1. The fourth-order valence-corrected chi connectivity index (χ4v) is 2.88. The van der Waals surface area contributed by atoms with Crippen molar-refractivity contribution >= 4 is 33.5 Å². The van der Waals surface area contributed by atoms with Gasteiger partial charge in [0.15, 0.2) is 0 Å². The molecule has 96 valence electrons. The molecule has 0 saturated heterocycles. The average Bonchev–Trinajstić information content (AvgIpc) is 3.02. The number of hydrogen-bond acceptors (Lipinski definition) is 7. The van der Waals surface area contributed by atoms with Crippen LogP contribution in [0.3, 0.4) is 0 Å². The first-order valence-corrected chi connectivity index (χ1v) is 7.10. The summed E-state index contributed by atoms with van der Waals surface area (Å²) in [5.41, 5.74) is 0. The Labute approximate surface area is 116 Å². The van der Waals surface area contributed by atoms with Crippen LogP contribution in [0.1, 0.15) is 29.5 Å². The quantitative estimate of drug-likeness (QED) is 0.908. The number of anilines is 1. The summed E-state index contributed by atoms with van der Waals surface area (Å²) in [4.78, 5) is 1.03. The zero-order valence-electron chi connectivity index (χ0n) is 9.64. The largest absolute Gasteiger partial charge is 0.480 e. The molecule has 0 amide bonds. The van der Waals surface area contributed by atoms with Crippen molar-refractivity contribution in [2.45, 2.75) is 25.3 Å². The molecule has 0 unspecified atom stereocenters. The summed E-state index contributed by atoms with van der Waals surface area (Å²) in [6.07, 6.45) is 2.30. The van der Waals surface area contributed by atoms with Crippen molar-refractivity contribution in [2.75, 3.05) is 12.4 Å². The normalized spacial score (nSPS) is 14.8. The third-order valence-electron chi connectivity index (χ3n) is 2.63. The monoisotopic (exact) mass is 330 g/mol. The maximum Gasteiger partial charge on any atom is 0.315 e. The molecule has 0 bridgehead atoms. The van der Waals surface area contributed by atoms with Crippen LogP contribution in [-0.4, -0.2) is 21.7 Å². The number of ether oxygens (including phenoxy) is 1. The molecule has 0 aromatic carbocycles. The van der Waals surface area contributed by atoms with Crippen molar-refractivity contribution in [3.8, 4) is 5.88 Å². The Morgan fingerprint density at radius 2 is 2.33 bits per heavy atom. The summed E-state index contributed by atoms with van der Waals surface area (Å²) < 4.78 is 15.6. The molecule has 1 fully saturated rings. The Morgan fingerprint density at radius 1 is 1.50 bits per heavy atom. The highest BCUT2D eigenvalue weighted by Crippen LogP contribution is 2.39. The lowest BCUT2D eigenvalue weighted by atomic mass is 10.4. The van der Waals surface area contributed by atoms with Crippen LogP contribution in [0.15, 0.2) is 8.89 Å². The summed E-state index contributed by atoms with van der Waals surface area (Å²) in [6.45, 7) is 0.577. The van der Waals surface area contributed by atoms with Gasteiger partial charge in [0.25, 0.3) is 0 Å². The highest BCUT2D eigenvalue weighted by atomic mass is 79.9. The van der Waals surface area contributed by atoms with Crippen LogP contribution < -0.4 is 10.1 Å². The van der Waals surface area contributed by atoms with E-state index >= 15 is 0 Å². The number of nitrogens with zero attached hydrogens (tertiary/aromatic N) is 3. The van der Waals surface area contributed by atoms with Gasteiger partial charge in [0.2, 0.25) is 11.8 Å². The van der Waals surface area contributed by atoms with E-state index in [0.717, 1.165) is 28.1 Å². The fraction of sp³-hybridized carbons (Fsp3) is 0.500. The van der Waals surface area contributed by atoms with Crippen molar-refractivity contribution in [1.29, 1.82) is 0 Å². The Morgan fingerprint density at radius 3 is 3.00 bits per heavy atom. The van der Waals surface area contributed by atoms with Gasteiger partial charge < -0.3 is 14.5 Å². The van der Waals surface area contributed by atoms with Gasteiger partial charge in [-0.15, -0.1) is 5.10 Å². The summed E-state index contributed by atoms with van der Waals surface area (Å²) in [7, 11) is 1.59. The topological polar surface area (TPSA) is 73.1 Å². The standard InChI is InChI=1S/C10H11BrN4O2S/c1-16-9-7(11)6(18-15-9)4-12-10-14-13-8(17-10)5-2-3-5/h5H,2-4H2,1H3,(H,12,14). The van der Waals surface area contributed by atoms with Crippen molar-refractivity contribution in [2.24, 2.45) is 0 Å². The van der Waals surface area contributed by atoms with E-state index in [9.17, 15) is 0 Å². The van der Waals surface area contributed by atoms with Crippen molar-refractivity contribution in [3.63, 3.8) is 0 Å². The van der Waals surface area contributed by atoms with E-state index in [-0.39, 0.29) is 0 Å². The minimum atomic E-state index is 0.455. The molecule has 1 aliphatic rings. The van der Waals surface area contributed by atoms with Crippen LogP contribution >= 0.6 is 27.5 Å². The SMILES string of the molecule is COc1nsc(CNc2nnc(C3CC3)o2)c1Br. The molecule has 2 heterocycles. The average molecular weight is 331 g/mol. The zero-order chi connectivity index (χ0) is 12.5. The van der Waals surface area contributed by atoms with Gasteiger partial charge >= 0.3 is 6.01 Å². The van der Waals surface area contributed by atoms with E-state index in [2.05, 4.69) is 35.8 Å². The van der Waals surface area contributed by atoms with Crippen LogP contribution in [0.5, 0.6) is 5.88 Å². The van der Waals surface area contributed by atoms with Gasteiger partial charge in [-0.2, -0.15) is 4.37 Å². The Kier molecular flexibility index (Phi) is 3.21. The fourth-order valence-electron chi connectivity index (χ4n) is 1.49. The third-order valence-corrected chi connectivity index (χ3v) is 4.54. The lowest BCUT2D eigenvalue weighted by Crippen LogP contribution is -1.98. The smallest absolute Gasteiger partial charge is 0.315 e. The van der Waals surface area contributed by atoms with Gasteiger partial charge in [-0.1, -0.05) is 5.10 Å². The highest BCUT2D eigenvalue weighted by Gasteiger charge is 2.29. The number of aromatic nitrogens is 3. The van der Waals surface area contributed by atoms with Crippen molar-refractivity contribution in [3.05, 3.63) is 15.2 Å². The third kappa shape index (κ3) is 2.35. The molecule has 2 aromatic rings. The Balaban J connectivity index is 1.63. The highest BCUT2D eigenvalue weighted by molar-refractivity contribution is 9.10. The van der Waals surface area contributed by atoms with Crippen molar-refractivity contribution < 1.29 is 9.15 Å².